The maximum atomic E-state index is 12.6. The topological polar surface area (TPSA) is 78.4 Å². The Morgan fingerprint density at radius 1 is 1.22 bits per heavy atom. The molecule has 0 bridgehead atoms. The van der Waals surface area contributed by atoms with Gasteiger partial charge in [-0.1, -0.05) is 19.3 Å². The minimum atomic E-state index is -0.0879. The van der Waals surface area contributed by atoms with Gasteiger partial charge in [0.1, 0.15) is 0 Å². The molecule has 1 aromatic rings. The Morgan fingerprint density at radius 3 is 2.87 bits per heavy atom. The molecular formula is C18H24N2O3. The van der Waals surface area contributed by atoms with Crippen LogP contribution < -0.4 is 10.6 Å². The number of aliphatic hydroxyl groups is 1. The molecule has 0 spiro atoms. The molecule has 1 heterocycles. The van der Waals surface area contributed by atoms with E-state index in [9.17, 15) is 14.7 Å². The van der Waals surface area contributed by atoms with E-state index in [0.29, 0.717) is 18.4 Å². The lowest BCUT2D eigenvalue weighted by molar-refractivity contribution is -0.116. The number of amides is 2. The van der Waals surface area contributed by atoms with E-state index in [1.165, 1.54) is 6.42 Å². The van der Waals surface area contributed by atoms with Gasteiger partial charge in [0, 0.05) is 36.2 Å². The molecule has 1 aliphatic heterocycles. The zero-order valence-corrected chi connectivity index (χ0v) is 13.3. The maximum absolute atomic E-state index is 12.6. The SMILES string of the molecule is O=C1CCc2cc(C(=O)NC3CCCCCC3CO)ccc2N1. The van der Waals surface area contributed by atoms with Crippen LogP contribution >= 0.6 is 0 Å². The zero-order valence-electron chi connectivity index (χ0n) is 13.3. The van der Waals surface area contributed by atoms with Gasteiger partial charge in [-0.3, -0.25) is 9.59 Å². The summed E-state index contributed by atoms with van der Waals surface area (Å²) >= 11 is 0. The monoisotopic (exact) mass is 316 g/mol. The van der Waals surface area contributed by atoms with Gasteiger partial charge in [-0.2, -0.15) is 0 Å². The molecule has 2 amide bonds. The van der Waals surface area contributed by atoms with Crippen LogP contribution in [-0.4, -0.2) is 29.6 Å². The molecule has 1 fully saturated rings. The predicted molar refractivity (Wildman–Crippen MR) is 88.3 cm³/mol. The van der Waals surface area contributed by atoms with Crippen molar-refractivity contribution in [1.82, 2.24) is 5.32 Å². The van der Waals surface area contributed by atoms with E-state index in [4.69, 9.17) is 0 Å². The number of carbonyl (C=O) groups excluding carboxylic acids is 2. The summed E-state index contributed by atoms with van der Waals surface area (Å²) in [5.74, 6) is 0.0901. The fraction of sp³-hybridized carbons (Fsp3) is 0.556. The largest absolute Gasteiger partial charge is 0.396 e. The number of benzene rings is 1. The number of carbonyl (C=O) groups is 2. The van der Waals surface area contributed by atoms with Gasteiger partial charge in [0.15, 0.2) is 0 Å². The highest BCUT2D eigenvalue weighted by Gasteiger charge is 2.25. The van der Waals surface area contributed by atoms with Crippen LogP contribution in [0.2, 0.25) is 0 Å². The van der Waals surface area contributed by atoms with E-state index >= 15 is 0 Å². The lowest BCUT2D eigenvalue weighted by atomic mass is 9.95. The lowest BCUT2D eigenvalue weighted by Crippen LogP contribution is -2.41. The third kappa shape index (κ3) is 3.72. The van der Waals surface area contributed by atoms with E-state index < -0.39 is 0 Å². The Kier molecular flexibility index (Phi) is 4.96. The second-order valence-electron chi connectivity index (χ2n) is 6.58. The Hall–Kier alpha value is -1.88. The van der Waals surface area contributed by atoms with Gasteiger partial charge >= 0.3 is 0 Å². The van der Waals surface area contributed by atoms with Gasteiger partial charge < -0.3 is 15.7 Å². The predicted octanol–water partition coefficient (Wildman–Crippen LogP) is 2.24. The summed E-state index contributed by atoms with van der Waals surface area (Å²) in [6, 6.07) is 5.47. The first-order valence-electron chi connectivity index (χ1n) is 8.52. The van der Waals surface area contributed by atoms with Crippen molar-refractivity contribution in [3.63, 3.8) is 0 Å². The summed E-state index contributed by atoms with van der Waals surface area (Å²) in [6.45, 7) is 0.126. The van der Waals surface area contributed by atoms with Crippen molar-refractivity contribution in [2.45, 2.75) is 51.0 Å². The van der Waals surface area contributed by atoms with E-state index in [1.54, 1.807) is 12.1 Å². The summed E-state index contributed by atoms with van der Waals surface area (Å²) < 4.78 is 0. The van der Waals surface area contributed by atoms with Crippen LogP contribution in [0.1, 0.15) is 54.4 Å². The molecule has 5 heteroatoms. The van der Waals surface area contributed by atoms with Crippen molar-refractivity contribution in [3.8, 4) is 0 Å². The third-order valence-corrected chi connectivity index (χ3v) is 4.97. The van der Waals surface area contributed by atoms with Crippen molar-refractivity contribution in [2.75, 3.05) is 11.9 Å². The van der Waals surface area contributed by atoms with Crippen molar-refractivity contribution in [2.24, 2.45) is 5.92 Å². The molecular weight excluding hydrogens is 292 g/mol. The molecule has 23 heavy (non-hydrogen) atoms. The number of hydrogen-bond donors (Lipinski definition) is 3. The molecule has 1 saturated carbocycles. The average molecular weight is 316 g/mol. The molecule has 0 aromatic heterocycles. The standard InChI is InChI=1S/C18H24N2O3/c21-11-14-4-2-1-3-5-15(14)20-18(23)13-6-8-16-12(10-13)7-9-17(22)19-16/h6,8,10,14-15,21H,1-5,7,9,11H2,(H,19,22)(H,20,23). The highest BCUT2D eigenvalue weighted by atomic mass is 16.3. The maximum Gasteiger partial charge on any atom is 0.251 e. The Morgan fingerprint density at radius 2 is 2.04 bits per heavy atom. The molecule has 5 nitrogen and oxygen atoms in total. The van der Waals surface area contributed by atoms with Gasteiger partial charge in [-0.05, 0) is 43.0 Å². The first-order chi connectivity index (χ1) is 11.2. The van der Waals surface area contributed by atoms with Gasteiger partial charge in [-0.25, -0.2) is 0 Å². The summed E-state index contributed by atoms with van der Waals surface area (Å²) in [5, 5.41) is 15.5. The van der Waals surface area contributed by atoms with Crippen molar-refractivity contribution >= 4 is 17.5 Å². The van der Waals surface area contributed by atoms with E-state index in [2.05, 4.69) is 10.6 Å². The minimum absolute atomic E-state index is 0.0268. The van der Waals surface area contributed by atoms with Crippen LogP contribution in [0, 0.1) is 5.92 Å². The molecule has 3 N–H and O–H groups in total. The van der Waals surface area contributed by atoms with Crippen LogP contribution in [0.5, 0.6) is 0 Å². The number of aryl methyl sites for hydroxylation is 1. The first-order valence-corrected chi connectivity index (χ1v) is 8.52. The summed E-state index contributed by atoms with van der Waals surface area (Å²) in [5.41, 5.74) is 2.44. The van der Waals surface area contributed by atoms with Crippen LogP contribution in [-0.2, 0) is 11.2 Å². The quantitative estimate of drug-likeness (QED) is 0.748. The van der Waals surface area contributed by atoms with Gasteiger partial charge in [0.2, 0.25) is 5.91 Å². The molecule has 2 aliphatic rings. The van der Waals surface area contributed by atoms with Crippen LogP contribution in [0.25, 0.3) is 0 Å². The highest BCUT2D eigenvalue weighted by Crippen LogP contribution is 2.25. The molecule has 0 saturated heterocycles. The number of nitrogens with one attached hydrogen (secondary N) is 2. The van der Waals surface area contributed by atoms with Crippen LogP contribution in [0.3, 0.4) is 0 Å². The van der Waals surface area contributed by atoms with Gasteiger partial charge in [0.05, 0.1) is 0 Å². The van der Waals surface area contributed by atoms with Crippen molar-refractivity contribution in [3.05, 3.63) is 29.3 Å². The summed E-state index contributed by atoms with van der Waals surface area (Å²) in [6.07, 6.45) is 6.42. The fourth-order valence-corrected chi connectivity index (χ4v) is 3.57. The van der Waals surface area contributed by atoms with E-state index in [-0.39, 0.29) is 30.4 Å². The van der Waals surface area contributed by atoms with Crippen molar-refractivity contribution < 1.29 is 14.7 Å². The van der Waals surface area contributed by atoms with E-state index in [1.807, 2.05) is 6.07 Å². The lowest BCUT2D eigenvalue weighted by Gasteiger charge is -2.25. The van der Waals surface area contributed by atoms with Crippen LogP contribution in [0.4, 0.5) is 5.69 Å². The Labute approximate surface area is 136 Å². The second kappa shape index (κ2) is 7.13. The summed E-state index contributed by atoms with van der Waals surface area (Å²) in [7, 11) is 0. The minimum Gasteiger partial charge on any atom is -0.396 e. The number of anilines is 1. The van der Waals surface area contributed by atoms with E-state index in [0.717, 1.165) is 36.9 Å². The first kappa shape index (κ1) is 16.0. The molecule has 2 atom stereocenters. The number of aliphatic hydroxyl groups excluding tert-OH is 1. The van der Waals surface area contributed by atoms with Crippen molar-refractivity contribution in [1.29, 1.82) is 0 Å². The Balaban J connectivity index is 1.71. The number of fused-ring (bicyclic) bond motifs is 1. The van der Waals surface area contributed by atoms with Crippen LogP contribution in [0.15, 0.2) is 18.2 Å². The Bertz CT molecular complexity index is 600. The third-order valence-electron chi connectivity index (χ3n) is 4.97. The normalized spacial score (nSPS) is 24.3. The number of hydrogen-bond acceptors (Lipinski definition) is 3. The zero-order chi connectivity index (χ0) is 16.2. The average Bonchev–Trinajstić information content (AvgIpc) is 2.79. The summed E-state index contributed by atoms with van der Waals surface area (Å²) in [4.78, 5) is 24.0. The smallest absolute Gasteiger partial charge is 0.251 e. The molecule has 1 aliphatic carbocycles. The van der Waals surface area contributed by atoms with Gasteiger partial charge in [-0.15, -0.1) is 0 Å². The second-order valence-corrected chi connectivity index (χ2v) is 6.58. The van der Waals surface area contributed by atoms with Gasteiger partial charge in [0.25, 0.3) is 5.91 Å². The molecule has 124 valence electrons. The molecule has 0 radical (unpaired) electrons. The molecule has 3 rings (SSSR count). The fourth-order valence-electron chi connectivity index (χ4n) is 3.57. The molecule has 2 unspecified atom stereocenters. The molecule has 1 aromatic carbocycles. The highest BCUT2D eigenvalue weighted by molar-refractivity contribution is 5.98. The number of rotatable bonds is 3.